The molecule has 0 saturated carbocycles. The third kappa shape index (κ3) is 4.69. The van der Waals surface area contributed by atoms with E-state index in [1.165, 1.54) is 5.56 Å². The van der Waals surface area contributed by atoms with E-state index in [0.29, 0.717) is 13.0 Å². The zero-order valence-electron chi connectivity index (χ0n) is 16.2. The number of rotatable bonds is 7. The molecule has 1 aliphatic heterocycles. The molecule has 1 fully saturated rings. The van der Waals surface area contributed by atoms with E-state index >= 15 is 0 Å². The van der Waals surface area contributed by atoms with E-state index in [0.717, 1.165) is 37.4 Å². The molecule has 0 aliphatic carbocycles. The Morgan fingerprint density at radius 1 is 1.11 bits per heavy atom. The molecule has 1 saturated heterocycles. The van der Waals surface area contributed by atoms with Crippen LogP contribution in [0, 0.1) is 6.92 Å². The first-order valence-electron chi connectivity index (χ1n) is 9.78. The van der Waals surface area contributed by atoms with Crippen molar-refractivity contribution in [1.82, 2.24) is 5.32 Å². The van der Waals surface area contributed by atoms with E-state index in [4.69, 9.17) is 9.47 Å². The molecule has 144 valence electrons. The second-order valence-electron chi connectivity index (χ2n) is 7.26. The Bertz CT molecular complexity index is 738. The third-order valence-electron chi connectivity index (χ3n) is 5.46. The number of carbonyl (C=O) groups is 1. The van der Waals surface area contributed by atoms with Gasteiger partial charge in [0.15, 0.2) is 6.10 Å². The van der Waals surface area contributed by atoms with Crippen molar-refractivity contribution in [2.45, 2.75) is 44.6 Å². The molecule has 4 nitrogen and oxygen atoms in total. The number of carbonyl (C=O) groups excluding carboxylic acids is 1. The maximum absolute atomic E-state index is 12.8. The Morgan fingerprint density at radius 2 is 1.78 bits per heavy atom. The Labute approximate surface area is 161 Å². The van der Waals surface area contributed by atoms with Gasteiger partial charge in [0.1, 0.15) is 5.75 Å². The molecular weight excluding hydrogens is 338 g/mol. The predicted molar refractivity (Wildman–Crippen MR) is 107 cm³/mol. The van der Waals surface area contributed by atoms with Gasteiger partial charge in [-0.25, -0.2) is 0 Å². The van der Waals surface area contributed by atoms with E-state index in [2.05, 4.69) is 29.6 Å². The Balaban J connectivity index is 1.69. The fourth-order valence-corrected chi connectivity index (χ4v) is 3.66. The summed E-state index contributed by atoms with van der Waals surface area (Å²) in [5.74, 6) is 0.714. The minimum Gasteiger partial charge on any atom is -0.480 e. The highest BCUT2D eigenvalue weighted by Gasteiger charge is 2.35. The summed E-state index contributed by atoms with van der Waals surface area (Å²) < 4.78 is 11.6. The van der Waals surface area contributed by atoms with Crippen molar-refractivity contribution in [3.63, 3.8) is 0 Å². The molecule has 4 heteroatoms. The first-order valence-corrected chi connectivity index (χ1v) is 9.78. The molecule has 0 aromatic heterocycles. The van der Waals surface area contributed by atoms with Crippen LogP contribution in [0.5, 0.6) is 5.75 Å². The standard InChI is InChI=1S/C23H29NO3/c1-3-20(27-21-12-8-7-9-18(21)2)22(25)24-17-23(13-15-26-16-14-23)19-10-5-4-6-11-19/h4-12,20H,3,13-17H2,1-2H3,(H,24,25). The van der Waals surface area contributed by atoms with Gasteiger partial charge in [-0.05, 0) is 43.4 Å². The van der Waals surface area contributed by atoms with E-state index < -0.39 is 6.10 Å². The highest BCUT2D eigenvalue weighted by atomic mass is 16.5. The summed E-state index contributed by atoms with van der Waals surface area (Å²) in [5.41, 5.74) is 2.23. The summed E-state index contributed by atoms with van der Waals surface area (Å²) in [5, 5.41) is 3.16. The van der Waals surface area contributed by atoms with Crippen molar-refractivity contribution in [1.29, 1.82) is 0 Å². The number of hydrogen-bond donors (Lipinski definition) is 1. The number of hydrogen-bond acceptors (Lipinski definition) is 3. The minimum absolute atomic E-state index is 0.0532. The van der Waals surface area contributed by atoms with Crippen LogP contribution in [0.4, 0.5) is 0 Å². The Morgan fingerprint density at radius 3 is 2.44 bits per heavy atom. The zero-order chi connectivity index (χ0) is 19.1. The minimum atomic E-state index is -0.487. The van der Waals surface area contributed by atoms with Crippen LogP contribution in [0.15, 0.2) is 54.6 Å². The molecule has 2 aromatic rings. The lowest BCUT2D eigenvalue weighted by atomic mass is 9.74. The maximum Gasteiger partial charge on any atom is 0.261 e. The molecular formula is C23H29NO3. The summed E-state index contributed by atoms with van der Waals surface area (Å²) in [6.45, 7) is 6.02. The van der Waals surface area contributed by atoms with Gasteiger partial charge in [-0.3, -0.25) is 4.79 Å². The molecule has 0 bridgehead atoms. The fourth-order valence-electron chi connectivity index (χ4n) is 3.66. The lowest BCUT2D eigenvalue weighted by Crippen LogP contribution is -2.48. The number of para-hydroxylation sites is 1. The number of nitrogens with one attached hydrogen (secondary N) is 1. The predicted octanol–water partition coefficient (Wildman–Crippen LogP) is 4.02. The normalized spacial score (nSPS) is 17.1. The van der Waals surface area contributed by atoms with Crippen LogP contribution in [-0.4, -0.2) is 31.8 Å². The van der Waals surface area contributed by atoms with E-state index in [1.807, 2.05) is 44.2 Å². The molecule has 1 amide bonds. The lowest BCUT2D eigenvalue weighted by molar-refractivity contribution is -0.128. The van der Waals surface area contributed by atoms with Gasteiger partial charge >= 0.3 is 0 Å². The number of aryl methyl sites for hydroxylation is 1. The van der Waals surface area contributed by atoms with Gasteiger partial charge < -0.3 is 14.8 Å². The van der Waals surface area contributed by atoms with Crippen LogP contribution >= 0.6 is 0 Å². The van der Waals surface area contributed by atoms with Crippen LogP contribution in [-0.2, 0) is 14.9 Å². The molecule has 0 radical (unpaired) electrons. The van der Waals surface area contributed by atoms with Crippen LogP contribution in [0.25, 0.3) is 0 Å². The fraction of sp³-hybridized carbons (Fsp3) is 0.435. The van der Waals surface area contributed by atoms with Crippen LogP contribution in [0.2, 0.25) is 0 Å². The van der Waals surface area contributed by atoms with Gasteiger partial charge in [0.25, 0.3) is 5.91 Å². The first-order chi connectivity index (χ1) is 13.1. The van der Waals surface area contributed by atoms with E-state index in [9.17, 15) is 4.79 Å². The maximum atomic E-state index is 12.8. The average molecular weight is 367 g/mol. The van der Waals surface area contributed by atoms with Crippen molar-refractivity contribution in [3.8, 4) is 5.75 Å². The molecule has 1 N–H and O–H groups in total. The van der Waals surface area contributed by atoms with Crippen molar-refractivity contribution < 1.29 is 14.3 Å². The van der Waals surface area contributed by atoms with Gasteiger partial charge in [0.2, 0.25) is 0 Å². The molecule has 1 heterocycles. The number of amides is 1. The first kappa shape index (κ1) is 19.4. The lowest BCUT2D eigenvalue weighted by Gasteiger charge is -2.38. The van der Waals surface area contributed by atoms with Crippen molar-refractivity contribution >= 4 is 5.91 Å². The smallest absolute Gasteiger partial charge is 0.261 e. The van der Waals surface area contributed by atoms with Crippen LogP contribution in [0.3, 0.4) is 0 Å². The van der Waals surface area contributed by atoms with Crippen molar-refractivity contribution in [2.24, 2.45) is 0 Å². The van der Waals surface area contributed by atoms with Gasteiger partial charge in [0, 0.05) is 25.2 Å². The van der Waals surface area contributed by atoms with Gasteiger partial charge in [-0.2, -0.15) is 0 Å². The van der Waals surface area contributed by atoms with Gasteiger partial charge in [-0.15, -0.1) is 0 Å². The second kappa shape index (κ2) is 9.05. The monoisotopic (exact) mass is 367 g/mol. The Kier molecular flexibility index (Phi) is 6.51. The number of ether oxygens (including phenoxy) is 2. The number of benzene rings is 2. The van der Waals surface area contributed by atoms with Crippen molar-refractivity contribution in [3.05, 3.63) is 65.7 Å². The Hall–Kier alpha value is -2.33. The molecule has 1 unspecified atom stereocenters. The summed E-state index contributed by atoms with van der Waals surface area (Å²) in [6, 6.07) is 18.3. The second-order valence-corrected chi connectivity index (χ2v) is 7.26. The highest BCUT2D eigenvalue weighted by Crippen LogP contribution is 2.34. The van der Waals surface area contributed by atoms with E-state index in [1.54, 1.807) is 0 Å². The summed E-state index contributed by atoms with van der Waals surface area (Å²) in [7, 11) is 0. The largest absolute Gasteiger partial charge is 0.480 e. The third-order valence-corrected chi connectivity index (χ3v) is 5.46. The SMILES string of the molecule is CCC(Oc1ccccc1C)C(=O)NCC1(c2ccccc2)CCOCC1. The summed E-state index contributed by atoms with van der Waals surface area (Å²) in [6.07, 6.45) is 1.96. The topological polar surface area (TPSA) is 47.6 Å². The molecule has 27 heavy (non-hydrogen) atoms. The zero-order valence-corrected chi connectivity index (χ0v) is 16.2. The van der Waals surface area contributed by atoms with Crippen LogP contribution < -0.4 is 10.1 Å². The van der Waals surface area contributed by atoms with Gasteiger partial charge in [0.05, 0.1) is 0 Å². The molecule has 3 rings (SSSR count). The molecule has 1 aliphatic rings. The highest BCUT2D eigenvalue weighted by molar-refractivity contribution is 5.81. The summed E-state index contributed by atoms with van der Waals surface area (Å²) in [4.78, 5) is 12.8. The average Bonchev–Trinajstić information content (AvgIpc) is 2.73. The molecule has 1 atom stereocenters. The molecule has 2 aromatic carbocycles. The quantitative estimate of drug-likeness (QED) is 0.804. The van der Waals surface area contributed by atoms with Crippen molar-refractivity contribution in [2.75, 3.05) is 19.8 Å². The molecule has 0 spiro atoms. The summed E-state index contributed by atoms with van der Waals surface area (Å²) >= 11 is 0. The van der Waals surface area contributed by atoms with E-state index in [-0.39, 0.29) is 11.3 Å². The van der Waals surface area contributed by atoms with Crippen LogP contribution in [0.1, 0.15) is 37.3 Å². The van der Waals surface area contributed by atoms with Gasteiger partial charge in [-0.1, -0.05) is 55.5 Å².